The zero-order chi connectivity index (χ0) is 22.3. The molecule has 8 nitrogen and oxygen atoms in total. The van der Waals surface area contributed by atoms with Crippen LogP contribution in [0.25, 0.3) is 0 Å². The normalized spacial score (nSPS) is 18.0. The van der Waals surface area contributed by atoms with Crippen LogP contribution >= 0.6 is 22.9 Å². The zero-order valence-electron chi connectivity index (χ0n) is 18.0. The fraction of sp³-hybridized carbons (Fsp3) is 0.545. The minimum atomic E-state index is -0.358. The number of hydrogen-bond donors (Lipinski definition) is 1. The highest BCUT2D eigenvalue weighted by Gasteiger charge is 2.27. The Morgan fingerprint density at radius 3 is 2.66 bits per heavy atom. The van der Waals surface area contributed by atoms with Gasteiger partial charge in [-0.25, -0.2) is 0 Å². The van der Waals surface area contributed by atoms with Crippen LogP contribution in [-0.4, -0.2) is 70.6 Å². The lowest BCUT2D eigenvalue weighted by Gasteiger charge is -2.40. The summed E-state index contributed by atoms with van der Waals surface area (Å²) < 4.78 is 5.56. The SMILES string of the molecule is O=C(Nc1cccc(Cl)c1)c1nnc(COCC(=O)N2CCN(C3CCCCC3)CC2)s1. The van der Waals surface area contributed by atoms with Gasteiger partial charge in [-0.05, 0) is 31.0 Å². The summed E-state index contributed by atoms with van der Waals surface area (Å²) in [5.74, 6) is -0.361. The number of benzene rings is 1. The molecule has 0 unspecified atom stereocenters. The zero-order valence-corrected chi connectivity index (χ0v) is 19.5. The maximum atomic E-state index is 12.5. The third-order valence-electron chi connectivity index (χ3n) is 5.95. The molecule has 2 amide bonds. The van der Waals surface area contributed by atoms with Crippen molar-refractivity contribution in [3.8, 4) is 0 Å². The largest absolute Gasteiger partial charge is 0.364 e. The van der Waals surface area contributed by atoms with Crippen molar-refractivity contribution in [1.29, 1.82) is 0 Å². The lowest BCUT2D eigenvalue weighted by molar-refractivity contribution is -0.138. The summed E-state index contributed by atoms with van der Waals surface area (Å²) in [5, 5.41) is 12.0. The van der Waals surface area contributed by atoms with Crippen molar-refractivity contribution in [2.45, 2.75) is 44.8 Å². The number of piperazine rings is 1. The molecule has 2 aromatic rings. The monoisotopic (exact) mass is 477 g/mol. The van der Waals surface area contributed by atoms with Crippen molar-refractivity contribution in [2.24, 2.45) is 0 Å². The van der Waals surface area contributed by atoms with Crippen LogP contribution in [0.15, 0.2) is 24.3 Å². The second kappa shape index (κ2) is 11.2. The predicted molar refractivity (Wildman–Crippen MR) is 124 cm³/mol. The van der Waals surface area contributed by atoms with Gasteiger partial charge in [-0.3, -0.25) is 14.5 Å². The van der Waals surface area contributed by atoms with Crippen molar-refractivity contribution in [2.75, 3.05) is 38.1 Å². The molecule has 172 valence electrons. The van der Waals surface area contributed by atoms with Gasteiger partial charge in [0.05, 0.1) is 0 Å². The highest BCUT2D eigenvalue weighted by Crippen LogP contribution is 2.23. The Morgan fingerprint density at radius 1 is 1.12 bits per heavy atom. The van der Waals surface area contributed by atoms with E-state index in [1.54, 1.807) is 24.3 Å². The van der Waals surface area contributed by atoms with Crippen LogP contribution in [0.2, 0.25) is 5.02 Å². The fourth-order valence-electron chi connectivity index (χ4n) is 4.25. The molecule has 2 fully saturated rings. The molecular formula is C22H28ClN5O3S. The molecule has 2 heterocycles. The molecular weight excluding hydrogens is 450 g/mol. The minimum absolute atomic E-state index is 0.00303. The van der Waals surface area contributed by atoms with Crippen molar-refractivity contribution in [3.63, 3.8) is 0 Å². The first-order valence-corrected chi connectivity index (χ1v) is 12.3. The topological polar surface area (TPSA) is 87.7 Å². The number of aromatic nitrogens is 2. The Kier molecular flexibility index (Phi) is 8.07. The summed E-state index contributed by atoms with van der Waals surface area (Å²) in [6.45, 7) is 3.55. The molecule has 0 spiro atoms. The number of ether oxygens (including phenoxy) is 1. The second-order valence-corrected chi connectivity index (χ2v) is 9.67. The standard InChI is InChI=1S/C22H28ClN5O3S/c23-16-5-4-6-17(13-16)24-21(30)22-26-25-19(32-22)14-31-15-20(29)28-11-9-27(10-12-28)18-7-2-1-3-8-18/h4-6,13,18H,1-3,7-12,14-15H2,(H,24,30). The molecule has 1 aromatic heterocycles. The van der Waals surface area contributed by atoms with Crippen LogP contribution in [0.4, 0.5) is 5.69 Å². The molecule has 1 saturated heterocycles. The van der Waals surface area contributed by atoms with Crippen LogP contribution in [0.3, 0.4) is 0 Å². The average Bonchev–Trinajstić information content (AvgIpc) is 3.29. The first kappa shape index (κ1) is 23.1. The van der Waals surface area contributed by atoms with E-state index in [2.05, 4.69) is 20.4 Å². The third kappa shape index (κ3) is 6.25. The van der Waals surface area contributed by atoms with Crippen LogP contribution in [0, 0.1) is 0 Å². The van der Waals surface area contributed by atoms with Gasteiger partial charge in [0.25, 0.3) is 5.91 Å². The quantitative estimate of drug-likeness (QED) is 0.657. The second-order valence-electron chi connectivity index (χ2n) is 8.17. The van der Waals surface area contributed by atoms with Gasteiger partial charge < -0.3 is 15.0 Å². The molecule has 32 heavy (non-hydrogen) atoms. The van der Waals surface area contributed by atoms with E-state index in [0.717, 1.165) is 37.5 Å². The maximum Gasteiger partial charge on any atom is 0.286 e. The van der Waals surface area contributed by atoms with Crippen molar-refractivity contribution >= 4 is 40.4 Å². The number of nitrogens with one attached hydrogen (secondary N) is 1. The van der Waals surface area contributed by atoms with Gasteiger partial charge in [-0.2, -0.15) is 0 Å². The van der Waals surface area contributed by atoms with E-state index in [1.165, 1.54) is 32.1 Å². The molecule has 1 N–H and O–H groups in total. The Morgan fingerprint density at radius 2 is 1.91 bits per heavy atom. The van der Waals surface area contributed by atoms with Gasteiger partial charge in [0.15, 0.2) is 0 Å². The summed E-state index contributed by atoms with van der Waals surface area (Å²) in [6, 6.07) is 7.58. The molecule has 2 aliphatic rings. The van der Waals surface area contributed by atoms with E-state index < -0.39 is 0 Å². The van der Waals surface area contributed by atoms with E-state index in [4.69, 9.17) is 16.3 Å². The summed E-state index contributed by atoms with van der Waals surface area (Å²) in [6.07, 6.45) is 6.59. The van der Waals surface area contributed by atoms with E-state index in [9.17, 15) is 9.59 Å². The first-order valence-electron chi connectivity index (χ1n) is 11.1. The number of carbonyl (C=O) groups excluding carboxylic acids is 2. The molecule has 4 rings (SSSR count). The van der Waals surface area contributed by atoms with Gasteiger partial charge in [0.1, 0.15) is 18.2 Å². The maximum absolute atomic E-state index is 12.5. The van der Waals surface area contributed by atoms with Crippen molar-refractivity contribution in [1.82, 2.24) is 20.0 Å². The number of rotatable bonds is 7. The van der Waals surface area contributed by atoms with Crippen molar-refractivity contribution in [3.05, 3.63) is 39.3 Å². The summed E-state index contributed by atoms with van der Waals surface area (Å²) >= 11 is 7.08. The number of hydrogen-bond acceptors (Lipinski definition) is 7. The molecule has 0 atom stereocenters. The first-order chi connectivity index (χ1) is 15.6. The van der Waals surface area contributed by atoms with Gasteiger partial charge in [-0.1, -0.05) is 48.3 Å². The Bertz CT molecular complexity index is 926. The number of amides is 2. The molecule has 0 radical (unpaired) electrons. The number of nitrogens with zero attached hydrogens (tertiary/aromatic N) is 4. The number of carbonyl (C=O) groups is 2. The van der Waals surface area contributed by atoms with Crippen LogP contribution in [-0.2, 0) is 16.1 Å². The molecule has 1 saturated carbocycles. The number of anilines is 1. The van der Waals surface area contributed by atoms with Gasteiger partial charge >= 0.3 is 0 Å². The Hall–Kier alpha value is -2.07. The molecule has 0 bridgehead atoms. The smallest absolute Gasteiger partial charge is 0.286 e. The van der Waals surface area contributed by atoms with E-state index in [0.29, 0.717) is 21.8 Å². The highest BCUT2D eigenvalue weighted by atomic mass is 35.5. The molecule has 1 aromatic carbocycles. The van der Waals surface area contributed by atoms with Crippen LogP contribution in [0.5, 0.6) is 0 Å². The average molecular weight is 478 g/mol. The summed E-state index contributed by atoms with van der Waals surface area (Å²) in [7, 11) is 0. The summed E-state index contributed by atoms with van der Waals surface area (Å²) in [4.78, 5) is 29.2. The predicted octanol–water partition coefficient (Wildman–Crippen LogP) is 3.44. The Labute approximate surface area is 196 Å². The van der Waals surface area contributed by atoms with Crippen molar-refractivity contribution < 1.29 is 14.3 Å². The molecule has 1 aliphatic heterocycles. The third-order valence-corrected chi connectivity index (χ3v) is 7.08. The minimum Gasteiger partial charge on any atom is -0.364 e. The van der Waals surface area contributed by atoms with Crippen LogP contribution < -0.4 is 5.32 Å². The van der Waals surface area contributed by atoms with Gasteiger partial charge in [0, 0.05) is 42.9 Å². The molecule has 1 aliphatic carbocycles. The lowest BCUT2D eigenvalue weighted by atomic mass is 9.94. The molecule has 10 heteroatoms. The van der Waals surface area contributed by atoms with Gasteiger partial charge in [-0.15, -0.1) is 10.2 Å². The number of halogens is 1. The van der Waals surface area contributed by atoms with E-state index in [-0.39, 0.29) is 30.0 Å². The lowest BCUT2D eigenvalue weighted by Crippen LogP contribution is -2.53. The van der Waals surface area contributed by atoms with E-state index >= 15 is 0 Å². The van der Waals surface area contributed by atoms with Crippen LogP contribution in [0.1, 0.15) is 46.9 Å². The fourth-order valence-corrected chi connectivity index (χ4v) is 5.12. The highest BCUT2D eigenvalue weighted by molar-refractivity contribution is 7.13. The summed E-state index contributed by atoms with van der Waals surface area (Å²) in [5.41, 5.74) is 0.588. The van der Waals surface area contributed by atoms with E-state index in [1.807, 2.05) is 4.90 Å². The van der Waals surface area contributed by atoms with Gasteiger partial charge in [0.2, 0.25) is 10.9 Å². The Balaban J connectivity index is 1.17.